The van der Waals surface area contributed by atoms with Crippen LogP contribution in [-0.2, 0) is 4.74 Å². The third kappa shape index (κ3) is 3.90. The minimum absolute atomic E-state index is 0.0816. The SMILES string of the molecule is CCOC(=O)N/N=C/c1ccccc1[N+](=O)[O-]. The van der Waals surface area contributed by atoms with Crippen molar-refractivity contribution in [2.75, 3.05) is 6.61 Å². The molecule has 0 atom stereocenters. The Morgan fingerprint density at radius 3 is 2.94 bits per heavy atom. The van der Waals surface area contributed by atoms with Crippen LogP contribution in [0.1, 0.15) is 12.5 Å². The Morgan fingerprint density at radius 2 is 2.29 bits per heavy atom. The monoisotopic (exact) mass is 237 g/mol. The smallest absolute Gasteiger partial charge is 0.427 e. The fourth-order valence-electron chi connectivity index (χ4n) is 1.08. The van der Waals surface area contributed by atoms with Crippen molar-refractivity contribution in [1.29, 1.82) is 0 Å². The molecule has 0 saturated heterocycles. The van der Waals surface area contributed by atoms with Gasteiger partial charge in [-0.1, -0.05) is 12.1 Å². The molecule has 1 aromatic carbocycles. The van der Waals surface area contributed by atoms with Crippen LogP contribution >= 0.6 is 0 Å². The molecule has 0 unspecified atom stereocenters. The molecule has 7 nitrogen and oxygen atoms in total. The van der Waals surface area contributed by atoms with Crippen molar-refractivity contribution < 1.29 is 14.5 Å². The number of nitrogens with zero attached hydrogens (tertiary/aromatic N) is 2. The quantitative estimate of drug-likeness (QED) is 0.489. The number of hydrazone groups is 1. The number of hydrogen-bond donors (Lipinski definition) is 1. The first kappa shape index (κ1) is 12.6. The van der Waals surface area contributed by atoms with Crippen molar-refractivity contribution in [3.05, 3.63) is 39.9 Å². The van der Waals surface area contributed by atoms with E-state index in [0.29, 0.717) is 5.56 Å². The molecule has 1 aromatic rings. The van der Waals surface area contributed by atoms with Crippen LogP contribution in [0, 0.1) is 10.1 Å². The van der Waals surface area contributed by atoms with Gasteiger partial charge in [0.05, 0.1) is 23.3 Å². The fraction of sp³-hybridized carbons (Fsp3) is 0.200. The van der Waals surface area contributed by atoms with Gasteiger partial charge in [0.1, 0.15) is 0 Å². The molecular formula is C10H11N3O4. The van der Waals surface area contributed by atoms with Crippen molar-refractivity contribution in [3.8, 4) is 0 Å². The summed E-state index contributed by atoms with van der Waals surface area (Å²) in [5.41, 5.74) is 2.30. The zero-order valence-corrected chi connectivity index (χ0v) is 9.12. The van der Waals surface area contributed by atoms with E-state index in [1.807, 2.05) is 0 Å². The van der Waals surface area contributed by atoms with E-state index in [-0.39, 0.29) is 12.3 Å². The molecule has 90 valence electrons. The van der Waals surface area contributed by atoms with E-state index in [4.69, 9.17) is 0 Å². The predicted octanol–water partition coefficient (Wildman–Crippen LogP) is 1.67. The van der Waals surface area contributed by atoms with Gasteiger partial charge in [0.2, 0.25) is 0 Å². The Labute approximate surface area is 97.2 Å². The standard InChI is InChI=1S/C10H11N3O4/c1-2-17-10(14)12-11-7-8-5-3-4-6-9(8)13(15)16/h3-7H,2H2,1H3,(H,12,14)/b11-7+. The van der Waals surface area contributed by atoms with Crippen LogP contribution in [0.2, 0.25) is 0 Å². The number of amides is 1. The molecular weight excluding hydrogens is 226 g/mol. The van der Waals surface area contributed by atoms with Crippen molar-refractivity contribution in [2.45, 2.75) is 6.92 Å². The summed E-state index contributed by atoms with van der Waals surface area (Å²) >= 11 is 0. The molecule has 0 aromatic heterocycles. The Hall–Kier alpha value is -2.44. The van der Waals surface area contributed by atoms with E-state index < -0.39 is 11.0 Å². The number of nitrogens with one attached hydrogen (secondary N) is 1. The van der Waals surface area contributed by atoms with E-state index in [9.17, 15) is 14.9 Å². The van der Waals surface area contributed by atoms with E-state index >= 15 is 0 Å². The summed E-state index contributed by atoms with van der Waals surface area (Å²) in [6, 6.07) is 6.06. The largest absolute Gasteiger partial charge is 0.449 e. The van der Waals surface area contributed by atoms with E-state index in [0.717, 1.165) is 0 Å². The highest BCUT2D eigenvalue weighted by Gasteiger charge is 2.09. The molecule has 1 rings (SSSR count). The summed E-state index contributed by atoms with van der Waals surface area (Å²) in [5.74, 6) is 0. The highest BCUT2D eigenvalue weighted by Crippen LogP contribution is 2.14. The summed E-state index contributed by atoms with van der Waals surface area (Å²) in [4.78, 5) is 21.0. The number of benzene rings is 1. The molecule has 0 saturated carbocycles. The second-order valence-corrected chi connectivity index (χ2v) is 2.91. The first-order valence-corrected chi connectivity index (χ1v) is 4.84. The molecule has 0 bridgehead atoms. The normalized spacial score (nSPS) is 10.2. The van der Waals surface area contributed by atoms with Crippen LogP contribution in [0.25, 0.3) is 0 Å². The number of hydrogen-bond acceptors (Lipinski definition) is 5. The Bertz CT molecular complexity index is 445. The summed E-state index contributed by atoms with van der Waals surface area (Å²) < 4.78 is 4.56. The third-order valence-electron chi connectivity index (χ3n) is 1.77. The average Bonchev–Trinajstić information content (AvgIpc) is 2.30. The lowest BCUT2D eigenvalue weighted by Gasteiger charge is -1.99. The van der Waals surface area contributed by atoms with Crippen molar-refractivity contribution in [3.63, 3.8) is 0 Å². The summed E-state index contributed by atoms with van der Waals surface area (Å²) in [7, 11) is 0. The van der Waals surface area contributed by atoms with Crippen LogP contribution in [0.15, 0.2) is 29.4 Å². The number of carbonyl (C=O) groups is 1. The molecule has 0 fully saturated rings. The highest BCUT2D eigenvalue weighted by atomic mass is 16.6. The molecule has 1 N–H and O–H groups in total. The summed E-state index contributed by atoms with van der Waals surface area (Å²) in [6.07, 6.45) is 0.483. The van der Waals surface area contributed by atoms with Gasteiger partial charge in [-0.2, -0.15) is 5.10 Å². The second kappa shape index (κ2) is 6.21. The van der Waals surface area contributed by atoms with Gasteiger partial charge in [0.25, 0.3) is 5.69 Å². The Morgan fingerprint density at radius 1 is 1.59 bits per heavy atom. The van der Waals surface area contributed by atoms with Gasteiger partial charge < -0.3 is 4.74 Å². The third-order valence-corrected chi connectivity index (χ3v) is 1.77. The number of carbonyl (C=O) groups excluding carboxylic acids is 1. The summed E-state index contributed by atoms with van der Waals surface area (Å²) in [5, 5.41) is 14.2. The minimum Gasteiger partial charge on any atom is -0.449 e. The molecule has 0 aliphatic carbocycles. The van der Waals surface area contributed by atoms with Gasteiger partial charge in [0, 0.05) is 6.07 Å². The zero-order valence-electron chi connectivity index (χ0n) is 9.12. The van der Waals surface area contributed by atoms with E-state index in [2.05, 4.69) is 15.3 Å². The lowest BCUT2D eigenvalue weighted by atomic mass is 10.2. The van der Waals surface area contributed by atoms with Crippen molar-refractivity contribution in [1.82, 2.24) is 5.43 Å². The van der Waals surface area contributed by atoms with Gasteiger partial charge >= 0.3 is 6.09 Å². The molecule has 1 amide bonds. The van der Waals surface area contributed by atoms with Gasteiger partial charge in [-0.05, 0) is 13.0 Å². The zero-order chi connectivity index (χ0) is 12.7. The van der Waals surface area contributed by atoms with Gasteiger partial charge in [-0.3, -0.25) is 10.1 Å². The van der Waals surface area contributed by atoms with Crippen LogP contribution in [0.4, 0.5) is 10.5 Å². The number of nitro benzene ring substituents is 1. The molecule has 0 radical (unpaired) electrons. The summed E-state index contributed by atoms with van der Waals surface area (Å²) in [6.45, 7) is 1.89. The molecule has 7 heteroatoms. The van der Waals surface area contributed by atoms with Crippen molar-refractivity contribution >= 4 is 18.0 Å². The predicted molar refractivity (Wildman–Crippen MR) is 60.8 cm³/mol. The van der Waals surface area contributed by atoms with Crippen LogP contribution in [-0.4, -0.2) is 23.8 Å². The highest BCUT2D eigenvalue weighted by molar-refractivity contribution is 5.85. The Balaban J connectivity index is 2.71. The lowest BCUT2D eigenvalue weighted by molar-refractivity contribution is -0.385. The minimum atomic E-state index is -0.706. The van der Waals surface area contributed by atoms with Crippen LogP contribution in [0.3, 0.4) is 0 Å². The molecule has 0 aliphatic rings. The van der Waals surface area contributed by atoms with E-state index in [1.165, 1.54) is 18.3 Å². The number of nitro groups is 1. The fourth-order valence-corrected chi connectivity index (χ4v) is 1.08. The first-order valence-electron chi connectivity index (χ1n) is 4.84. The van der Waals surface area contributed by atoms with Gasteiger partial charge in [0.15, 0.2) is 0 Å². The molecule has 0 spiro atoms. The molecule has 0 aliphatic heterocycles. The maximum Gasteiger partial charge on any atom is 0.427 e. The van der Waals surface area contributed by atoms with Crippen LogP contribution < -0.4 is 5.43 Å². The van der Waals surface area contributed by atoms with Gasteiger partial charge in [-0.25, -0.2) is 10.2 Å². The second-order valence-electron chi connectivity index (χ2n) is 2.91. The van der Waals surface area contributed by atoms with Gasteiger partial charge in [-0.15, -0.1) is 0 Å². The number of rotatable bonds is 4. The topological polar surface area (TPSA) is 93.8 Å². The maximum absolute atomic E-state index is 10.9. The molecule has 17 heavy (non-hydrogen) atoms. The number of ether oxygens (including phenoxy) is 1. The Kier molecular flexibility index (Phi) is 4.61. The first-order chi connectivity index (χ1) is 8.15. The maximum atomic E-state index is 10.9. The molecule has 0 heterocycles. The average molecular weight is 237 g/mol. The lowest BCUT2D eigenvalue weighted by Crippen LogP contribution is -2.18. The van der Waals surface area contributed by atoms with Crippen LogP contribution in [0.5, 0.6) is 0 Å². The number of para-hydroxylation sites is 1. The van der Waals surface area contributed by atoms with E-state index in [1.54, 1.807) is 19.1 Å². The van der Waals surface area contributed by atoms with Crippen molar-refractivity contribution in [2.24, 2.45) is 5.10 Å².